The van der Waals surface area contributed by atoms with E-state index in [1.807, 2.05) is 52.0 Å². The lowest BCUT2D eigenvalue weighted by Gasteiger charge is -2.12. The Kier molecular flexibility index (Phi) is 5.68. The quantitative estimate of drug-likeness (QED) is 0.678. The molecule has 0 aliphatic heterocycles. The minimum atomic E-state index is -0.141. The molecule has 0 radical (unpaired) electrons. The Morgan fingerprint density at radius 3 is 1.44 bits per heavy atom. The molecular formula is C22H24O3. The second-order valence-electron chi connectivity index (χ2n) is 6.97. The molecule has 0 spiro atoms. The van der Waals surface area contributed by atoms with E-state index in [1.165, 1.54) is 6.92 Å². The molecule has 130 valence electrons. The molecule has 0 saturated carbocycles. The van der Waals surface area contributed by atoms with E-state index in [1.54, 1.807) is 18.2 Å². The average Bonchev–Trinajstić information content (AvgIpc) is 2.59. The summed E-state index contributed by atoms with van der Waals surface area (Å²) < 4.78 is 0. The second-order valence-corrected chi connectivity index (χ2v) is 6.97. The maximum atomic E-state index is 12.5. The highest BCUT2D eigenvalue weighted by atomic mass is 16.1. The van der Waals surface area contributed by atoms with Crippen molar-refractivity contribution in [1.82, 2.24) is 0 Å². The van der Waals surface area contributed by atoms with Gasteiger partial charge in [0.15, 0.2) is 17.3 Å². The van der Waals surface area contributed by atoms with E-state index in [0.29, 0.717) is 16.7 Å². The predicted molar refractivity (Wildman–Crippen MR) is 100 cm³/mol. The number of benzene rings is 2. The summed E-state index contributed by atoms with van der Waals surface area (Å²) >= 11 is 0. The third-order valence-electron chi connectivity index (χ3n) is 4.18. The minimum Gasteiger partial charge on any atom is -0.295 e. The van der Waals surface area contributed by atoms with Crippen LogP contribution < -0.4 is 0 Å². The van der Waals surface area contributed by atoms with E-state index in [2.05, 4.69) is 0 Å². The Balaban J connectivity index is 2.57. The fourth-order valence-corrected chi connectivity index (χ4v) is 2.64. The molecule has 25 heavy (non-hydrogen) atoms. The molecule has 2 rings (SSSR count). The zero-order valence-corrected chi connectivity index (χ0v) is 15.4. The number of ketones is 3. The molecule has 3 nitrogen and oxygen atoms in total. The molecule has 0 aliphatic rings. The molecule has 0 aromatic heterocycles. The van der Waals surface area contributed by atoms with Gasteiger partial charge in [0, 0.05) is 28.5 Å². The first-order valence-electron chi connectivity index (χ1n) is 8.55. The lowest BCUT2D eigenvalue weighted by molar-refractivity contribution is 0.0937. The highest BCUT2D eigenvalue weighted by Gasteiger charge is 2.17. The zero-order chi connectivity index (χ0) is 18.7. The topological polar surface area (TPSA) is 51.2 Å². The van der Waals surface area contributed by atoms with Gasteiger partial charge in [0.05, 0.1) is 0 Å². The van der Waals surface area contributed by atoms with Crippen molar-refractivity contribution in [3.05, 3.63) is 59.2 Å². The van der Waals surface area contributed by atoms with Gasteiger partial charge in [-0.15, -0.1) is 0 Å². The summed E-state index contributed by atoms with van der Waals surface area (Å²) in [7, 11) is 0. The van der Waals surface area contributed by atoms with Crippen molar-refractivity contribution in [3.63, 3.8) is 0 Å². The van der Waals surface area contributed by atoms with Crippen LogP contribution in [0.15, 0.2) is 42.5 Å². The molecule has 2 aromatic rings. The van der Waals surface area contributed by atoms with Crippen LogP contribution in [0.1, 0.15) is 65.7 Å². The fraction of sp³-hybridized carbons (Fsp3) is 0.318. The molecule has 0 saturated heterocycles. The lowest BCUT2D eigenvalue weighted by atomic mass is 9.91. The number of carbonyl (C=O) groups excluding carboxylic acids is 3. The summed E-state index contributed by atoms with van der Waals surface area (Å²) in [5, 5.41) is 0. The smallest absolute Gasteiger partial charge is 0.165 e. The van der Waals surface area contributed by atoms with Crippen molar-refractivity contribution < 1.29 is 14.4 Å². The van der Waals surface area contributed by atoms with E-state index >= 15 is 0 Å². The molecule has 0 heterocycles. The molecule has 0 bridgehead atoms. The van der Waals surface area contributed by atoms with Crippen LogP contribution in [0.4, 0.5) is 0 Å². The fourth-order valence-electron chi connectivity index (χ4n) is 2.64. The van der Waals surface area contributed by atoms with Crippen LogP contribution in [0.2, 0.25) is 0 Å². The maximum Gasteiger partial charge on any atom is 0.165 e. The lowest BCUT2D eigenvalue weighted by Crippen LogP contribution is -2.12. The van der Waals surface area contributed by atoms with Crippen molar-refractivity contribution in [2.24, 2.45) is 11.8 Å². The first-order chi connectivity index (χ1) is 11.7. The van der Waals surface area contributed by atoms with Gasteiger partial charge in [-0.1, -0.05) is 52.0 Å². The summed E-state index contributed by atoms with van der Waals surface area (Å²) in [4.78, 5) is 36.4. The Hall–Kier alpha value is -2.55. The zero-order valence-electron chi connectivity index (χ0n) is 15.4. The molecule has 0 aliphatic carbocycles. The Labute approximate surface area is 149 Å². The van der Waals surface area contributed by atoms with Gasteiger partial charge in [0.25, 0.3) is 0 Å². The van der Waals surface area contributed by atoms with Crippen LogP contribution in [-0.2, 0) is 0 Å². The van der Waals surface area contributed by atoms with Crippen molar-refractivity contribution >= 4 is 17.3 Å². The first-order valence-corrected chi connectivity index (χ1v) is 8.55. The van der Waals surface area contributed by atoms with E-state index in [-0.39, 0.29) is 29.2 Å². The molecule has 0 N–H and O–H groups in total. The summed E-state index contributed by atoms with van der Waals surface area (Å²) in [5.41, 5.74) is 3.42. The van der Waals surface area contributed by atoms with Gasteiger partial charge in [0.2, 0.25) is 0 Å². The summed E-state index contributed by atoms with van der Waals surface area (Å²) in [6, 6.07) is 12.6. The number of hydrogen-bond donors (Lipinski definition) is 0. The second kappa shape index (κ2) is 7.56. The highest BCUT2D eigenvalue weighted by molar-refractivity contribution is 6.04. The number of carbonyl (C=O) groups is 3. The van der Waals surface area contributed by atoms with Crippen molar-refractivity contribution in [2.75, 3.05) is 0 Å². The minimum absolute atomic E-state index is 0.00552. The van der Waals surface area contributed by atoms with Crippen molar-refractivity contribution in [1.29, 1.82) is 0 Å². The van der Waals surface area contributed by atoms with Gasteiger partial charge in [0.1, 0.15) is 0 Å². The monoisotopic (exact) mass is 336 g/mol. The van der Waals surface area contributed by atoms with Gasteiger partial charge in [-0.3, -0.25) is 14.4 Å². The van der Waals surface area contributed by atoms with Crippen molar-refractivity contribution in [3.8, 4) is 11.1 Å². The van der Waals surface area contributed by atoms with Crippen LogP contribution in [0.5, 0.6) is 0 Å². The van der Waals surface area contributed by atoms with E-state index in [0.717, 1.165) is 11.1 Å². The average molecular weight is 336 g/mol. The van der Waals surface area contributed by atoms with Crippen molar-refractivity contribution in [2.45, 2.75) is 34.6 Å². The van der Waals surface area contributed by atoms with E-state index < -0.39 is 0 Å². The SMILES string of the molecule is CC(=O)c1ccc(-c2cc(C(=O)C(C)C)cc(C(=O)C(C)C)c2)cc1. The third-order valence-corrected chi connectivity index (χ3v) is 4.18. The van der Waals surface area contributed by atoms with Gasteiger partial charge >= 0.3 is 0 Å². The maximum absolute atomic E-state index is 12.5. The standard InChI is InChI=1S/C22H24O3/c1-13(2)21(24)19-10-18(11-20(12-19)22(25)14(3)4)17-8-6-16(7-9-17)15(5)23/h6-14H,1-5H3. The summed E-state index contributed by atoms with van der Waals surface area (Å²) in [6.45, 7) is 8.92. The summed E-state index contributed by atoms with van der Waals surface area (Å²) in [6.07, 6.45) is 0. The predicted octanol–water partition coefficient (Wildman–Crippen LogP) is 5.23. The van der Waals surface area contributed by atoms with Gasteiger partial charge < -0.3 is 0 Å². The molecule has 0 fully saturated rings. The molecule has 3 heteroatoms. The van der Waals surface area contributed by atoms with Gasteiger partial charge in [-0.2, -0.15) is 0 Å². The molecule has 2 aromatic carbocycles. The van der Waals surface area contributed by atoms with Crippen LogP contribution >= 0.6 is 0 Å². The molecular weight excluding hydrogens is 312 g/mol. The molecule has 0 unspecified atom stereocenters. The van der Waals surface area contributed by atoms with Crippen LogP contribution in [0, 0.1) is 11.8 Å². The van der Waals surface area contributed by atoms with Gasteiger partial charge in [-0.05, 0) is 36.2 Å². The number of hydrogen-bond acceptors (Lipinski definition) is 3. The normalized spacial score (nSPS) is 11.0. The number of rotatable bonds is 6. The van der Waals surface area contributed by atoms with Crippen LogP contribution in [-0.4, -0.2) is 17.3 Å². The molecule has 0 amide bonds. The number of Topliss-reactive ketones (excluding diaryl/α,β-unsaturated/α-hetero) is 3. The Bertz CT molecular complexity index is 773. The van der Waals surface area contributed by atoms with Gasteiger partial charge in [-0.25, -0.2) is 0 Å². The Morgan fingerprint density at radius 2 is 1.08 bits per heavy atom. The third kappa shape index (κ3) is 4.30. The van der Waals surface area contributed by atoms with E-state index in [9.17, 15) is 14.4 Å². The van der Waals surface area contributed by atoms with E-state index in [4.69, 9.17) is 0 Å². The largest absolute Gasteiger partial charge is 0.295 e. The summed E-state index contributed by atoms with van der Waals surface area (Å²) in [5.74, 6) is -0.249. The van der Waals surface area contributed by atoms with Crippen LogP contribution in [0.3, 0.4) is 0 Å². The first kappa shape index (κ1) is 18.8. The van der Waals surface area contributed by atoms with Crippen LogP contribution in [0.25, 0.3) is 11.1 Å². The molecule has 0 atom stereocenters. The highest BCUT2D eigenvalue weighted by Crippen LogP contribution is 2.26. The Morgan fingerprint density at radius 1 is 0.640 bits per heavy atom.